The van der Waals surface area contributed by atoms with Crippen molar-refractivity contribution >= 4 is 11.9 Å². The average Bonchev–Trinajstić information content (AvgIpc) is 2.85. The summed E-state index contributed by atoms with van der Waals surface area (Å²) in [6.45, 7) is 0.701. The molecule has 5 nitrogen and oxygen atoms in total. The Bertz CT molecular complexity index is 238. The number of nitrogens with zero attached hydrogens (tertiary/aromatic N) is 1. The number of likely N-dealkylation sites (N-methyl/N-ethyl adjacent to an activating group) is 1. The number of carboxylic acids is 1. The molecule has 5 heteroatoms. The molecule has 0 aromatic rings. The monoisotopic (exact) mass is 200 g/mol. The first-order valence-electron chi connectivity index (χ1n) is 4.73. The molecular formula is C9H16N2O3. The Balaban J connectivity index is 2.33. The third-order valence-corrected chi connectivity index (χ3v) is 2.32. The summed E-state index contributed by atoms with van der Waals surface area (Å²) in [7, 11) is 1.67. The van der Waals surface area contributed by atoms with E-state index >= 15 is 0 Å². The summed E-state index contributed by atoms with van der Waals surface area (Å²) < 4.78 is 0. The summed E-state index contributed by atoms with van der Waals surface area (Å²) in [5.41, 5.74) is 5.44. The predicted molar refractivity (Wildman–Crippen MR) is 50.6 cm³/mol. The molecule has 0 bridgehead atoms. The Morgan fingerprint density at radius 2 is 2.14 bits per heavy atom. The van der Waals surface area contributed by atoms with Gasteiger partial charge in [-0.25, -0.2) is 0 Å². The van der Waals surface area contributed by atoms with E-state index in [1.165, 1.54) is 4.90 Å². The van der Waals surface area contributed by atoms with Crippen molar-refractivity contribution in [3.05, 3.63) is 0 Å². The zero-order valence-electron chi connectivity index (χ0n) is 8.27. The highest BCUT2D eigenvalue weighted by Gasteiger charge is 2.27. The number of carbonyl (C=O) groups is 2. The van der Waals surface area contributed by atoms with Gasteiger partial charge in [0.05, 0.1) is 12.5 Å². The largest absolute Gasteiger partial charge is 0.481 e. The van der Waals surface area contributed by atoms with Crippen LogP contribution >= 0.6 is 0 Å². The molecule has 1 unspecified atom stereocenters. The number of amides is 1. The van der Waals surface area contributed by atoms with Crippen molar-refractivity contribution in [1.29, 1.82) is 0 Å². The third-order valence-electron chi connectivity index (χ3n) is 2.32. The molecule has 0 saturated heterocycles. The molecule has 3 N–H and O–H groups in total. The minimum atomic E-state index is -1.04. The Hall–Kier alpha value is -1.10. The summed E-state index contributed by atoms with van der Waals surface area (Å²) >= 11 is 0. The predicted octanol–water partition coefficient (Wildman–Crippen LogP) is -0.343. The van der Waals surface area contributed by atoms with Crippen molar-refractivity contribution < 1.29 is 14.7 Å². The van der Waals surface area contributed by atoms with Crippen LogP contribution < -0.4 is 5.73 Å². The van der Waals surface area contributed by atoms with E-state index in [0.29, 0.717) is 12.5 Å². The average molecular weight is 200 g/mol. The van der Waals surface area contributed by atoms with Crippen LogP contribution in [0, 0.1) is 5.92 Å². The van der Waals surface area contributed by atoms with Gasteiger partial charge in [-0.15, -0.1) is 0 Å². The Kier molecular flexibility index (Phi) is 3.46. The van der Waals surface area contributed by atoms with Gasteiger partial charge in [0, 0.05) is 13.6 Å². The fraction of sp³-hybridized carbons (Fsp3) is 0.778. The lowest BCUT2D eigenvalue weighted by molar-refractivity contribution is -0.141. The molecule has 80 valence electrons. The van der Waals surface area contributed by atoms with Crippen LogP contribution in [0.25, 0.3) is 0 Å². The summed E-state index contributed by atoms with van der Waals surface area (Å²) in [6, 6.07) is -0.906. The zero-order valence-corrected chi connectivity index (χ0v) is 8.27. The maximum absolute atomic E-state index is 11.5. The maximum Gasteiger partial charge on any atom is 0.305 e. The van der Waals surface area contributed by atoms with Gasteiger partial charge in [-0.1, -0.05) is 0 Å². The van der Waals surface area contributed by atoms with E-state index in [0.717, 1.165) is 12.8 Å². The Morgan fingerprint density at radius 1 is 1.57 bits per heavy atom. The molecule has 0 aliphatic heterocycles. The molecule has 0 heterocycles. The number of aliphatic carboxylic acids is 1. The first-order chi connectivity index (χ1) is 6.50. The fourth-order valence-corrected chi connectivity index (χ4v) is 1.34. The molecule has 1 rings (SSSR count). The molecule has 1 saturated carbocycles. The summed E-state index contributed by atoms with van der Waals surface area (Å²) in [5, 5.41) is 8.46. The minimum Gasteiger partial charge on any atom is -0.481 e. The van der Waals surface area contributed by atoms with Gasteiger partial charge in [0.2, 0.25) is 5.91 Å². The summed E-state index contributed by atoms with van der Waals surface area (Å²) in [4.78, 5) is 23.3. The lowest BCUT2D eigenvalue weighted by Crippen LogP contribution is -2.43. The second-order valence-electron chi connectivity index (χ2n) is 3.87. The molecule has 1 atom stereocenters. The van der Waals surface area contributed by atoms with Gasteiger partial charge in [0.25, 0.3) is 0 Å². The zero-order chi connectivity index (χ0) is 10.7. The van der Waals surface area contributed by atoms with Crippen LogP contribution in [0.1, 0.15) is 19.3 Å². The van der Waals surface area contributed by atoms with Crippen molar-refractivity contribution in [3.63, 3.8) is 0 Å². The minimum absolute atomic E-state index is 0.278. The summed E-state index contributed by atoms with van der Waals surface area (Å²) in [5.74, 6) is -0.717. The molecule has 0 aromatic carbocycles. The fourth-order valence-electron chi connectivity index (χ4n) is 1.34. The maximum atomic E-state index is 11.5. The lowest BCUT2D eigenvalue weighted by atomic mass is 10.2. The lowest BCUT2D eigenvalue weighted by Gasteiger charge is -2.20. The van der Waals surface area contributed by atoms with E-state index in [-0.39, 0.29) is 12.3 Å². The highest BCUT2D eigenvalue weighted by atomic mass is 16.4. The van der Waals surface area contributed by atoms with Gasteiger partial charge in [-0.2, -0.15) is 0 Å². The van der Waals surface area contributed by atoms with Crippen molar-refractivity contribution in [1.82, 2.24) is 4.90 Å². The first kappa shape index (κ1) is 11.0. The Labute approximate surface area is 82.9 Å². The second kappa shape index (κ2) is 4.41. The molecule has 1 amide bonds. The van der Waals surface area contributed by atoms with Crippen molar-refractivity contribution in [2.75, 3.05) is 13.6 Å². The van der Waals surface area contributed by atoms with Gasteiger partial charge in [-0.3, -0.25) is 9.59 Å². The number of carboxylic acid groups (broad SMARTS) is 1. The highest BCUT2D eigenvalue weighted by molar-refractivity contribution is 5.85. The molecule has 1 aliphatic carbocycles. The first-order valence-corrected chi connectivity index (χ1v) is 4.73. The van der Waals surface area contributed by atoms with Crippen LogP contribution in [0.15, 0.2) is 0 Å². The van der Waals surface area contributed by atoms with Gasteiger partial charge in [0.15, 0.2) is 0 Å². The van der Waals surface area contributed by atoms with Crippen LogP contribution in [0.5, 0.6) is 0 Å². The number of hydrogen-bond acceptors (Lipinski definition) is 3. The molecular weight excluding hydrogens is 184 g/mol. The standard InChI is InChI=1S/C9H16N2O3/c1-11(5-6-2-3-6)9(14)7(10)4-8(12)13/h6-7H,2-5,10H2,1H3,(H,12,13). The van der Waals surface area contributed by atoms with Gasteiger partial charge in [-0.05, 0) is 18.8 Å². The van der Waals surface area contributed by atoms with Crippen LogP contribution in [-0.2, 0) is 9.59 Å². The quantitative estimate of drug-likeness (QED) is 0.635. The summed E-state index contributed by atoms with van der Waals surface area (Å²) in [6.07, 6.45) is 2.02. The second-order valence-corrected chi connectivity index (χ2v) is 3.87. The smallest absolute Gasteiger partial charge is 0.305 e. The van der Waals surface area contributed by atoms with E-state index in [9.17, 15) is 9.59 Å². The number of rotatable bonds is 5. The molecule has 1 aliphatic rings. The van der Waals surface area contributed by atoms with Crippen LogP contribution in [0.2, 0.25) is 0 Å². The van der Waals surface area contributed by atoms with Crippen LogP contribution in [-0.4, -0.2) is 41.5 Å². The van der Waals surface area contributed by atoms with Gasteiger partial charge in [0.1, 0.15) is 0 Å². The van der Waals surface area contributed by atoms with Crippen molar-refractivity contribution in [2.24, 2.45) is 11.7 Å². The van der Waals surface area contributed by atoms with Crippen molar-refractivity contribution in [2.45, 2.75) is 25.3 Å². The number of nitrogens with two attached hydrogens (primary N) is 1. The Morgan fingerprint density at radius 3 is 2.57 bits per heavy atom. The van der Waals surface area contributed by atoms with E-state index in [2.05, 4.69) is 0 Å². The number of hydrogen-bond donors (Lipinski definition) is 2. The molecule has 0 aromatic heterocycles. The van der Waals surface area contributed by atoms with Crippen molar-refractivity contribution in [3.8, 4) is 0 Å². The van der Waals surface area contributed by atoms with Gasteiger partial charge < -0.3 is 15.7 Å². The van der Waals surface area contributed by atoms with Crippen LogP contribution in [0.4, 0.5) is 0 Å². The molecule has 0 radical (unpaired) electrons. The third kappa shape index (κ3) is 3.33. The molecule has 1 fully saturated rings. The van der Waals surface area contributed by atoms with E-state index in [1.54, 1.807) is 7.05 Å². The normalized spacial score (nSPS) is 17.6. The molecule has 14 heavy (non-hydrogen) atoms. The number of carbonyl (C=O) groups excluding carboxylic acids is 1. The highest BCUT2D eigenvalue weighted by Crippen LogP contribution is 2.29. The van der Waals surface area contributed by atoms with E-state index < -0.39 is 12.0 Å². The van der Waals surface area contributed by atoms with E-state index in [1.807, 2.05) is 0 Å². The van der Waals surface area contributed by atoms with E-state index in [4.69, 9.17) is 10.8 Å². The topological polar surface area (TPSA) is 83.6 Å². The van der Waals surface area contributed by atoms with Gasteiger partial charge >= 0.3 is 5.97 Å². The van der Waals surface area contributed by atoms with Crippen LogP contribution in [0.3, 0.4) is 0 Å². The SMILES string of the molecule is CN(CC1CC1)C(=O)C(N)CC(=O)O. The molecule has 0 spiro atoms.